The average molecular weight is 414 g/mol. The minimum atomic E-state index is -0.678. The molecule has 2 amide bonds. The number of rotatable bonds is 7. The van der Waals surface area contributed by atoms with Gasteiger partial charge in [0, 0.05) is 17.7 Å². The molecule has 0 fully saturated rings. The van der Waals surface area contributed by atoms with Gasteiger partial charge in [0.15, 0.2) is 0 Å². The second kappa shape index (κ2) is 10.3. The third-order valence-corrected chi connectivity index (χ3v) is 4.10. The van der Waals surface area contributed by atoms with Gasteiger partial charge in [0.1, 0.15) is 5.70 Å². The summed E-state index contributed by atoms with van der Waals surface area (Å²) < 4.78 is 0. The molecule has 0 unspecified atom stereocenters. The lowest BCUT2D eigenvalue weighted by Gasteiger charge is -2.09. The summed E-state index contributed by atoms with van der Waals surface area (Å²) in [6, 6.07) is 23.2. The molecule has 0 heterocycles. The third-order valence-electron chi connectivity index (χ3n) is 4.10. The maximum absolute atomic E-state index is 12.7. The van der Waals surface area contributed by atoms with Crippen molar-refractivity contribution in [3.63, 3.8) is 0 Å². The highest BCUT2D eigenvalue weighted by Gasteiger charge is 2.15. The molecule has 31 heavy (non-hydrogen) atoms. The van der Waals surface area contributed by atoms with Crippen LogP contribution >= 0.6 is 0 Å². The van der Waals surface area contributed by atoms with Crippen LogP contribution in [0.5, 0.6) is 0 Å². The lowest BCUT2D eigenvalue weighted by Crippen LogP contribution is -2.32. The predicted molar refractivity (Wildman–Crippen MR) is 117 cm³/mol. The van der Waals surface area contributed by atoms with Gasteiger partial charge in [0.05, 0.1) is 11.1 Å². The van der Waals surface area contributed by atoms with Crippen molar-refractivity contribution >= 4 is 29.8 Å². The summed E-state index contributed by atoms with van der Waals surface area (Å²) >= 11 is 0. The van der Waals surface area contributed by atoms with Crippen LogP contribution in [0.3, 0.4) is 0 Å². The zero-order chi connectivity index (χ0) is 22.1. The van der Waals surface area contributed by atoms with Crippen LogP contribution in [0.1, 0.15) is 21.5 Å². The Bertz CT molecular complexity index is 1140. The van der Waals surface area contributed by atoms with Gasteiger partial charge in [-0.25, -0.2) is 5.43 Å². The molecule has 0 saturated heterocycles. The minimum absolute atomic E-state index is 0.112. The summed E-state index contributed by atoms with van der Waals surface area (Å²) in [6.07, 6.45) is 2.81. The summed E-state index contributed by atoms with van der Waals surface area (Å²) in [5.41, 5.74) is 3.62. The van der Waals surface area contributed by atoms with Crippen LogP contribution in [0.4, 0.5) is 5.69 Å². The number of non-ortho nitro benzene ring substituents is 1. The Kier molecular flexibility index (Phi) is 6.99. The number of nitro groups is 1. The fraction of sp³-hybridized carbons (Fsp3) is 0. The van der Waals surface area contributed by atoms with E-state index in [9.17, 15) is 19.7 Å². The number of amides is 2. The first-order chi connectivity index (χ1) is 15.0. The molecule has 0 bridgehead atoms. The smallest absolute Gasteiger partial charge is 0.287 e. The molecule has 0 spiro atoms. The lowest BCUT2D eigenvalue weighted by molar-refractivity contribution is -0.384. The van der Waals surface area contributed by atoms with Crippen LogP contribution in [0.2, 0.25) is 0 Å². The highest BCUT2D eigenvalue weighted by Crippen LogP contribution is 2.15. The molecule has 0 aliphatic rings. The molecule has 154 valence electrons. The van der Waals surface area contributed by atoms with E-state index < -0.39 is 16.7 Å². The topological polar surface area (TPSA) is 114 Å². The molecule has 3 aromatic carbocycles. The second-order valence-corrected chi connectivity index (χ2v) is 6.34. The van der Waals surface area contributed by atoms with E-state index in [4.69, 9.17) is 0 Å². The van der Waals surface area contributed by atoms with Crippen molar-refractivity contribution in [2.75, 3.05) is 0 Å². The van der Waals surface area contributed by atoms with Gasteiger partial charge in [-0.05, 0) is 29.3 Å². The number of hydrogen-bond donors (Lipinski definition) is 2. The molecule has 0 saturated carbocycles. The molecule has 8 heteroatoms. The number of nitrogens with zero attached hydrogens (tertiary/aromatic N) is 2. The molecule has 0 aromatic heterocycles. The maximum atomic E-state index is 12.7. The van der Waals surface area contributed by atoms with Crippen molar-refractivity contribution in [3.8, 4) is 0 Å². The Labute approximate surface area is 178 Å². The largest absolute Gasteiger partial charge is 0.317 e. The molecular formula is C23H18N4O4. The molecule has 2 N–H and O–H groups in total. The summed E-state index contributed by atoms with van der Waals surface area (Å²) in [4.78, 5) is 35.7. The van der Waals surface area contributed by atoms with Crippen LogP contribution in [-0.4, -0.2) is 23.0 Å². The molecule has 0 aliphatic carbocycles. The van der Waals surface area contributed by atoms with E-state index in [-0.39, 0.29) is 11.4 Å². The molecule has 0 atom stereocenters. The summed E-state index contributed by atoms with van der Waals surface area (Å²) in [6.45, 7) is 0. The van der Waals surface area contributed by atoms with Crippen molar-refractivity contribution in [3.05, 3.63) is 117 Å². The second-order valence-electron chi connectivity index (χ2n) is 6.34. The summed E-state index contributed by atoms with van der Waals surface area (Å²) in [7, 11) is 0. The van der Waals surface area contributed by atoms with Crippen molar-refractivity contribution in [2.45, 2.75) is 0 Å². The first-order valence-electron chi connectivity index (χ1n) is 9.24. The Balaban J connectivity index is 1.85. The molecule has 0 radical (unpaired) electrons. The number of carbonyl (C=O) groups excluding carboxylic acids is 2. The fourth-order valence-electron chi connectivity index (χ4n) is 2.60. The van der Waals surface area contributed by atoms with Crippen LogP contribution in [0, 0.1) is 10.1 Å². The minimum Gasteiger partial charge on any atom is -0.317 e. The SMILES string of the molecule is O=C(NN=Cc1ccccc1)C(=Cc1cccc([N+](=O)[O-])c1)NC(=O)c1ccccc1. The quantitative estimate of drug-likeness (QED) is 0.266. The van der Waals surface area contributed by atoms with Gasteiger partial charge in [-0.2, -0.15) is 5.10 Å². The lowest BCUT2D eigenvalue weighted by atomic mass is 10.1. The number of nitro benzene ring substituents is 1. The Morgan fingerprint density at radius 1 is 0.871 bits per heavy atom. The van der Waals surface area contributed by atoms with Crippen LogP contribution in [-0.2, 0) is 4.79 Å². The third kappa shape index (κ3) is 6.20. The summed E-state index contributed by atoms with van der Waals surface area (Å²) in [5, 5.41) is 17.5. The van der Waals surface area contributed by atoms with Crippen LogP contribution < -0.4 is 10.7 Å². The van der Waals surface area contributed by atoms with E-state index in [0.717, 1.165) is 5.56 Å². The molecule has 3 rings (SSSR count). The van der Waals surface area contributed by atoms with Crippen molar-refractivity contribution < 1.29 is 14.5 Å². The first kappa shape index (κ1) is 21.1. The van der Waals surface area contributed by atoms with Gasteiger partial charge < -0.3 is 5.32 Å². The van der Waals surface area contributed by atoms with Gasteiger partial charge in [-0.15, -0.1) is 0 Å². The van der Waals surface area contributed by atoms with Gasteiger partial charge in [0.2, 0.25) is 0 Å². The van der Waals surface area contributed by atoms with Gasteiger partial charge in [-0.1, -0.05) is 60.7 Å². The van der Waals surface area contributed by atoms with E-state index in [1.165, 1.54) is 30.5 Å². The van der Waals surface area contributed by atoms with E-state index in [1.807, 2.05) is 30.3 Å². The normalized spacial score (nSPS) is 11.2. The Morgan fingerprint density at radius 2 is 1.52 bits per heavy atom. The maximum Gasteiger partial charge on any atom is 0.287 e. The number of carbonyl (C=O) groups is 2. The molecule has 3 aromatic rings. The average Bonchev–Trinajstić information content (AvgIpc) is 2.80. The number of nitrogens with one attached hydrogen (secondary N) is 2. The number of hydrazone groups is 1. The molecule has 8 nitrogen and oxygen atoms in total. The number of benzene rings is 3. The zero-order valence-corrected chi connectivity index (χ0v) is 16.3. The van der Waals surface area contributed by atoms with Gasteiger partial charge in [-0.3, -0.25) is 19.7 Å². The summed E-state index contributed by atoms with van der Waals surface area (Å²) in [5.74, 6) is -1.18. The Hall–Kier alpha value is -4.59. The highest BCUT2D eigenvalue weighted by molar-refractivity contribution is 6.05. The van der Waals surface area contributed by atoms with Crippen molar-refractivity contribution in [1.82, 2.24) is 10.7 Å². The highest BCUT2D eigenvalue weighted by atomic mass is 16.6. The molecule has 0 aliphatic heterocycles. The van der Waals surface area contributed by atoms with E-state index in [1.54, 1.807) is 36.4 Å². The van der Waals surface area contributed by atoms with E-state index in [0.29, 0.717) is 11.1 Å². The first-order valence-corrected chi connectivity index (χ1v) is 9.24. The Morgan fingerprint density at radius 3 is 2.19 bits per heavy atom. The van der Waals surface area contributed by atoms with E-state index >= 15 is 0 Å². The van der Waals surface area contributed by atoms with Crippen molar-refractivity contribution in [1.29, 1.82) is 0 Å². The van der Waals surface area contributed by atoms with Crippen LogP contribution in [0.15, 0.2) is 95.7 Å². The zero-order valence-electron chi connectivity index (χ0n) is 16.3. The number of hydrogen-bond acceptors (Lipinski definition) is 5. The van der Waals surface area contributed by atoms with Crippen molar-refractivity contribution in [2.24, 2.45) is 5.10 Å². The monoisotopic (exact) mass is 414 g/mol. The van der Waals surface area contributed by atoms with Crippen LogP contribution in [0.25, 0.3) is 6.08 Å². The molecular weight excluding hydrogens is 396 g/mol. The van der Waals surface area contributed by atoms with Gasteiger partial charge in [0.25, 0.3) is 17.5 Å². The van der Waals surface area contributed by atoms with Gasteiger partial charge >= 0.3 is 0 Å². The van der Waals surface area contributed by atoms with E-state index in [2.05, 4.69) is 15.8 Å². The fourth-order valence-corrected chi connectivity index (χ4v) is 2.60. The predicted octanol–water partition coefficient (Wildman–Crippen LogP) is 3.52. The standard InChI is InChI=1S/C23H18N4O4/c28-22(19-11-5-2-6-12-19)25-21(15-18-10-7-13-20(14-18)27(30)31)23(29)26-24-16-17-8-3-1-4-9-17/h1-16H,(H,25,28)(H,26,29).